The van der Waals surface area contributed by atoms with Gasteiger partial charge in [0.15, 0.2) is 0 Å². The molecule has 0 aromatic carbocycles. The highest BCUT2D eigenvalue weighted by molar-refractivity contribution is 5.79. The summed E-state index contributed by atoms with van der Waals surface area (Å²) in [5, 5.41) is 3.13. The fraction of sp³-hybridized carbons (Fsp3) is 0.895. The van der Waals surface area contributed by atoms with Crippen LogP contribution < -0.4 is 5.32 Å². The molecule has 0 aromatic heterocycles. The zero-order valence-corrected chi connectivity index (χ0v) is 16.4. The van der Waals surface area contributed by atoms with Crippen LogP contribution in [0.4, 0.5) is 4.79 Å². The van der Waals surface area contributed by atoms with Crippen molar-refractivity contribution in [3.05, 3.63) is 0 Å². The van der Waals surface area contributed by atoms with E-state index in [0.29, 0.717) is 19.0 Å². The molecular weight excluding hydrogens is 304 g/mol. The van der Waals surface area contributed by atoms with Crippen molar-refractivity contribution in [3.8, 4) is 0 Å². The third kappa shape index (κ3) is 7.54. The monoisotopic (exact) mass is 340 g/mol. The van der Waals surface area contributed by atoms with E-state index in [1.54, 1.807) is 4.90 Å². The number of carbonyl (C=O) groups is 2. The van der Waals surface area contributed by atoms with E-state index < -0.39 is 5.60 Å². The molecule has 2 unspecified atom stereocenters. The smallest absolute Gasteiger partial charge is 0.410 e. The summed E-state index contributed by atoms with van der Waals surface area (Å²) in [6, 6.07) is 0.0455. The Morgan fingerprint density at radius 1 is 1.25 bits per heavy atom. The molecule has 0 aromatic rings. The molecule has 0 radical (unpaired) electrons. The average Bonchev–Trinajstić information content (AvgIpc) is 2.90. The predicted octanol–water partition coefficient (Wildman–Crippen LogP) is 3.96. The molecule has 1 rings (SSSR count). The Morgan fingerprint density at radius 3 is 2.46 bits per heavy atom. The van der Waals surface area contributed by atoms with E-state index in [4.69, 9.17) is 4.74 Å². The Hall–Kier alpha value is -1.26. The standard InChI is InChI=1S/C19H36N2O3/c1-7-15(10-8-9-14(2)3)17(22)20-16-11-12-21(13-16)18(23)24-19(4,5)6/h14-16H,7-13H2,1-6H3,(H,20,22). The number of hydrogen-bond donors (Lipinski definition) is 1. The normalized spacial score (nSPS) is 19.5. The highest BCUT2D eigenvalue weighted by atomic mass is 16.6. The van der Waals surface area contributed by atoms with Crippen LogP contribution in [0.25, 0.3) is 0 Å². The van der Waals surface area contributed by atoms with Crippen LogP contribution in [0.3, 0.4) is 0 Å². The second-order valence-corrected chi connectivity index (χ2v) is 8.35. The number of nitrogens with zero attached hydrogens (tertiary/aromatic N) is 1. The Bertz CT molecular complexity index is 415. The minimum absolute atomic E-state index is 0.0455. The van der Waals surface area contributed by atoms with Crippen molar-refractivity contribution in [2.75, 3.05) is 13.1 Å². The molecule has 24 heavy (non-hydrogen) atoms. The first-order chi connectivity index (χ1) is 11.1. The lowest BCUT2D eigenvalue weighted by atomic mass is 9.95. The largest absolute Gasteiger partial charge is 0.444 e. The molecule has 1 N–H and O–H groups in total. The van der Waals surface area contributed by atoms with E-state index in [0.717, 1.165) is 25.7 Å². The van der Waals surface area contributed by atoms with E-state index in [1.807, 2.05) is 20.8 Å². The van der Waals surface area contributed by atoms with Crippen molar-refractivity contribution < 1.29 is 14.3 Å². The number of nitrogens with one attached hydrogen (secondary N) is 1. The van der Waals surface area contributed by atoms with Crippen molar-refractivity contribution in [2.45, 2.75) is 85.3 Å². The molecule has 1 aliphatic heterocycles. The van der Waals surface area contributed by atoms with Crippen LogP contribution in [0.15, 0.2) is 0 Å². The van der Waals surface area contributed by atoms with Crippen molar-refractivity contribution in [1.29, 1.82) is 0 Å². The molecule has 1 saturated heterocycles. The van der Waals surface area contributed by atoms with E-state index in [9.17, 15) is 9.59 Å². The highest BCUT2D eigenvalue weighted by Gasteiger charge is 2.31. The predicted molar refractivity (Wildman–Crippen MR) is 96.8 cm³/mol. The Labute approximate surface area is 147 Å². The number of carbonyl (C=O) groups excluding carboxylic acids is 2. The third-order valence-corrected chi connectivity index (χ3v) is 4.38. The Kier molecular flexibility index (Phi) is 8.04. The first-order valence-electron chi connectivity index (χ1n) is 9.40. The summed E-state index contributed by atoms with van der Waals surface area (Å²) in [7, 11) is 0. The van der Waals surface area contributed by atoms with Crippen molar-refractivity contribution in [2.24, 2.45) is 11.8 Å². The van der Waals surface area contributed by atoms with Gasteiger partial charge in [0, 0.05) is 25.0 Å². The van der Waals surface area contributed by atoms with E-state index >= 15 is 0 Å². The quantitative estimate of drug-likeness (QED) is 0.763. The minimum Gasteiger partial charge on any atom is -0.444 e. The lowest BCUT2D eigenvalue weighted by Crippen LogP contribution is -2.42. The molecule has 5 heteroatoms. The number of hydrogen-bond acceptors (Lipinski definition) is 3. The van der Waals surface area contributed by atoms with Crippen LogP contribution in [-0.4, -0.2) is 41.6 Å². The number of rotatable bonds is 7. The van der Waals surface area contributed by atoms with Crippen LogP contribution in [-0.2, 0) is 9.53 Å². The van der Waals surface area contributed by atoms with E-state index in [2.05, 4.69) is 26.1 Å². The summed E-state index contributed by atoms with van der Waals surface area (Å²) in [6.07, 6.45) is 4.59. The summed E-state index contributed by atoms with van der Waals surface area (Å²) in [6.45, 7) is 13.3. The zero-order valence-electron chi connectivity index (χ0n) is 16.4. The van der Waals surface area contributed by atoms with Crippen LogP contribution in [0.2, 0.25) is 0 Å². The maximum atomic E-state index is 12.5. The molecule has 1 heterocycles. The second kappa shape index (κ2) is 9.28. The van der Waals surface area contributed by atoms with Crippen LogP contribution in [0.1, 0.15) is 73.6 Å². The minimum atomic E-state index is -0.484. The summed E-state index contributed by atoms with van der Waals surface area (Å²) in [5.74, 6) is 0.902. The molecule has 5 nitrogen and oxygen atoms in total. The molecule has 0 spiro atoms. The fourth-order valence-corrected chi connectivity index (χ4v) is 2.98. The summed E-state index contributed by atoms with van der Waals surface area (Å²) in [5.41, 5.74) is -0.484. The molecule has 1 aliphatic rings. The Morgan fingerprint density at radius 2 is 1.92 bits per heavy atom. The van der Waals surface area contributed by atoms with E-state index in [-0.39, 0.29) is 24.0 Å². The van der Waals surface area contributed by atoms with Gasteiger partial charge in [-0.15, -0.1) is 0 Å². The second-order valence-electron chi connectivity index (χ2n) is 8.35. The molecular formula is C19H36N2O3. The van der Waals surface area contributed by atoms with Gasteiger partial charge in [-0.3, -0.25) is 4.79 Å². The SMILES string of the molecule is CCC(CCCC(C)C)C(=O)NC1CCN(C(=O)OC(C)(C)C)C1. The molecule has 0 saturated carbocycles. The van der Waals surface area contributed by atoms with Gasteiger partial charge in [-0.05, 0) is 46.0 Å². The summed E-state index contributed by atoms with van der Waals surface area (Å²) >= 11 is 0. The fourth-order valence-electron chi connectivity index (χ4n) is 2.98. The van der Waals surface area contributed by atoms with Gasteiger partial charge in [-0.1, -0.05) is 33.6 Å². The first-order valence-corrected chi connectivity index (χ1v) is 9.40. The molecule has 0 bridgehead atoms. The van der Waals surface area contributed by atoms with Gasteiger partial charge in [0.05, 0.1) is 0 Å². The van der Waals surface area contributed by atoms with Crippen molar-refractivity contribution in [1.82, 2.24) is 10.2 Å². The lowest BCUT2D eigenvalue weighted by Gasteiger charge is -2.24. The number of likely N-dealkylation sites (tertiary alicyclic amines) is 1. The van der Waals surface area contributed by atoms with Gasteiger partial charge >= 0.3 is 6.09 Å². The van der Waals surface area contributed by atoms with Gasteiger partial charge in [0.1, 0.15) is 5.60 Å². The molecule has 140 valence electrons. The zero-order chi connectivity index (χ0) is 18.3. The maximum absolute atomic E-state index is 12.5. The summed E-state index contributed by atoms with van der Waals surface area (Å²) < 4.78 is 5.39. The van der Waals surface area contributed by atoms with Crippen LogP contribution >= 0.6 is 0 Å². The lowest BCUT2D eigenvalue weighted by molar-refractivity contribution is -0.126. The first kappa shape index (κ1) is 20.8. The van der Waals surface area contributed by atoms with Crippen LogP contribution in [0, 0.1) is 11.8 Å². The third-order valence-electron chi connectivity index (χ3n) is 4.38. The van der Waals surface area contributed by atoms with E-state index in [1.165, 1.54) is 6.42 Å². The van der Waals surface area contributed by atoms with Gasteiger partial charge in [-0.25, -0.2) is 4.79 Å². The van der Waals surface area contributed by atoms with Crippen molar-refractivity contribution >= 4 is 12.0 Å². The highest BCUT2D eigenvalue weighted by Crippen LogP contribution is 2.18. The van der Waals surface area contributed by atoms with Crippen LogP contribution in [0.5, 0.6) is 0 Å². The van der Waals surface area contributed by atoms with Gasteiger partial charge in [-0.2, -0.15) is 0 Å². The molecule has 1 fully saturated rings. The number of ether oxygens (including phenoxy) is 1. The molecule has 0 aliphatic carbocycles. The van der Waals surface area contributed by atoms with Crippen molar-refractivity contribution in [3.63, 3.8) is 0 Å². The average molecular weight is 341 g/mol. The number of amides is 2. The Balaban J connectivity index is 2.40. The molecule has 2 amide bonds. The van der Waals surface area contributed by atoms with Gasteiger partial charge in [0.2, 0.25) is 5.91 Å². The topological polar surface area (TPSA) is 58.6 Å². The van der Waals surface area contributed by atoms with Gasteiger partial charge in [0.25, 0.3) is 0 Å². The molecule has 2 atom stereocenters. The summed E-state index contributed by atoms with van der Waals surface area (Å²) in [4.78, 5) is 26.2. The van der Waals surface area contributed by atoms with Gasteiger partial charge < -0.3 is 15.0 Å². The maximum Gasteiger partial charge on any atom is 0.410 e.